The van der Waals surface area contributed by atoms with E-state index >= 15 is 0 Å². The van der Waals surface area contributed by atoms with Crippen LogP contribution in [0.3, 0.4) is 0 Å². The van der Waals surface area contributed by atoms with E-state index in [9.17, 15) is 4.79 Å². The summed E-state index contributed by atoms with van der Waals surface area (Å²) in [5, 5.41) is 8.48. The molecule has 0 N–H and O–H groups in total. The minimum Gasteiger partial charge on any atom is -0.384 e. The van der Waals surface area contributed by atoms with Gasteiger partial charge in [-0.05, 0) is 13.8 Å². The van der Waals surface area contributed by atoms with Gasteiger partial charge in [-0.3, -0.25) is 4.79 Å². The topological polar surface area (TPSA) is 53.3 Å². The summed E-state index contributed by atoms with van der Waals surface area (Å²) < 4.78 is 4.79. The summed E-state index contributed by atoms with van der Waals surface area (Å²) in [5.74, 6) is -0.0293. The zero-order chi connectivity index (χ0) is 10.3. The quantitative estimate of drug-likeness (QED) is 0.593. The predicted octanol–water partition coefficient (Wildman–Crippen LogP) is 0.783. The molecule has 0 fully saturated rings. The molecule has 0 atom stereocenters. The van der Waals surface area contributed by atoms with Crippen molar-refractivity contribution in [1.82, 2.24) is 4.90 Å². The number of hydrogen-bond acceptors (Lipinski definition) is 3. The van der Waals surface area contributed by atoms with Crippen LogP contribution in [0.15, 0.2) is 0 Å². The van der Waals surface area contributed by atoms with Gasteiger partial charge in [-0.15, -0.1) is 0 Å². The van der Waals surface area contributed by atoms with Crippen LogP contribution in [0.25, 0.3) is 0 Å². The minimum absolute atomic E-state index is 0.0293. The number of nitriles is 1. The first-order valence-corrected chi connectivity index (χ1v) is 4.28. The number of carbonyl (C=O) groups is 1. The first kappa shape index (κ1) is 11.9. The summed E-state index contributed by atoms with van der Waals surface area (Å²) >= 11 is 0. The van der Waals surface area contributed by atoms with E-state index in [1.807, 2.05) is 19.9 Å². The maximum absolute atomic E-state index is 11.4. The summed E-state index contributed by atoms with van der Waals surface area (Å²) in [4.78, 5) is 13.0. The summed E-state index contributed by atoms with van der Waals surface area (Å²) in [7, 11) is 1.55. The molecule has 0 aliphatic rings. The molecule has 0 unspecified atom stereocenters. The molecule has 0 radical (unpaired) electrons. The lowest BCUT2D eigenvalue weighted by Gasteiger charge is -2.23. The molecule has 13 heavy (non-hydrogen) atoms. The smallest absolute Gasteiger partial charge is 0.225 e. The van der Waals surface area contributed by atoms with Gasteiger partial charge in [0.1, 0.15) is 6.54 Å². The van der Waals surface area contributed by atoms with Crippen LogP contribution < -0.4 is 0 Å². The Morgan fingerprint density at radius 2 is 2.23 bits per heavy atom. The molecular weight excluding hydrogens is 168 g/mol. The second kappa shape index (κ2) is 6.44. The highest BCUT2D eigenvalue weighted by Crippen LogP contribution is 2.00. The van der Waals surface area contributed by atoms with E-state index in [1.54, 1.807) is 12.0 Å². The molecule has 0 bridgehead atoms. The van der Waals surface area contributed by atoms with Gasteiger partial charge in [-0.25, -0.2) is 0 Å². The highest BCUT2D eigenvalue weighted by atomic mass is 16.5. The summed E-state index contributed by atoms with van der Waals surface area (Å²) in [5.41, 5.74) is 0. The Morgan fingerprint density at radius 3 is 2.62 bits per heavy atom. The Labute approximate surface area is 79.1 Å². The largest absolute Gasteiger partial charge is 0.384 e. The summed E-state index contributed by atoms with van der Waals surface area (Å²) in [6, 6.07) is 2.04. The average Bonchev–Trinajstić information content (AvgIpc) is 2.09. The molecule has 0 aromatic carbocycles. The van der Waals surface area contributed by atoms with Crippen LogP contribution in [0, 0.1) is 11.3 Å². The van der Waals surface area contributed by atoms with Gasteiger partial charge in [0.25, 0.3) is 0 Å². The number of ether oxygens (including phenoxy) is 1. The first-order chi connectivity index (χ1) is 6.13. The maximum Gasteiger partial charge on any atom is 0.225 e. The van der Waals surface area contributed by atoms with Gasteiger partial charge in [0.05, 0.1) is 19.1 Å². The van der Waals surface area contributed by atoms with Gasteiger partial charge in [-0.1, -0.05) is 0 Å². The van der Waals surface area contributed by atoms with Crippen LogP contribution in [0.1, 0.15) is 20.3 Å². The molecular formula is C9H16N2O2. The lowest BCUT2D eigenvalue weighted by molar-refractivity contribution is -0.133. The Bertz CT molecular complexity index is 196. The van der Waals surface area contributed by atoms with Crippen molar-refractivity contribution in [3.8, 4) is 6.07 Å². The average molecular weight is 184 g/mol. The number of carbonyl (C=O) groups excluding carboxylic acids is 1. The maximum atomic E-state index is 11.4. The van der Waals surface area contributed by atoms with E-state index in [0.717, 1.165) is 0 Å². The lowest BCUT2D eigenvalue weighted by Crippen LogP contribution is -2.37. The molecule has 4 heteroatoms. The van der Waals surface area contributed by atoms with Crippen LogP contribution in [0.2, 0.25) is 0 Å². The standard InChI is InChI=1S/C9H16N2O2/c1-8(2)11(6-5-10)9(12)4-7-13-3/h8H,4,6-7H2,1-3H3. The van der Waals surface area contributed by atoms with Gasteiger partial charge in [-0.2, -0.15) is 5.26 Å². The van der Waals surface area contributed by atoms with E-state index in [4.69, 9.17) is 10.00 Å². The number of rotatable bonds is 5. The Hall–Kier alpha value is -1.08. The van der Waals surface area contributed by atoms with Crippen LogP contribution in [-0.4, -0.2) is 37.1 Å². The van der Waals surface area contributed by atoms with Gasteiger partial charge in [0.2, 0.25) is 5.91 Å². The molecule has 1 amide bonds. The molecule has 0 aromatic rings. The molecule has 0 aliphatic carbocycles. The van der Waals surface area contributed by atoms with Gasteiger partial charge < -0.3 is 9.64 Å². The van der Waals surface area contributed by atoms with Crippen LogP contribution in [0.5, 0.6) is 0 Å². The zero-order valence-electron chi connectivity index (χ0n) is 8.41. The van der Waals surface area contributed by atoms with Crippen molar-refractivity contribution in [2.24, 2.45) is 0 Å². The third-order valence-electron chi connectivity index (χ3n) is 1.70. The third-order valence-corrected chi connectivity index (χ3v) is 1.70. The van der Waals surface area contributed by atoms with E-state index < -0.39 is 0 Å². The van der Waals surface area contributed by atoms with Crippen molar-refractivity contribution in [3.63, 3.8) is 0 Å². The molecule has 0 heterocycles. The molecule has 0 spiro atoms. The van der Waals surface area contributed by atoms with E-state index in [1.165, 1.54) is 0 Å². The normalized spacial score (nSPS) is 9.77. The van der Waals surface area contributed by atoms with Gasteiger partial charge in [0, 0.05) is 13.2 Å². The Balaban J connectivity index is 4.05. The van der Waals surface area contributed by atoms with E-state index in [-0.39, 0.29) is 18.5 Å². The second-order valence-corrected chi connectivity index (χ2v) is 3.02. The van der Waals surface area contributed by atoms with Crippen LogP contribution in [0.4, 0.5) is 0 Å². The number of amides is 1. The zero-order valence-corrected chi connectivity index (χ0v) is 8.41. The summed E-state index contributed by atoms with van der Waals surface area (Å²) in [6.45, 7) is 4.35. The minimum atomic E-state index is -0.0293. The highest BCUT2D eigenvalue weighted by molar-refractivity contribution is 5.76. The van der Waals surface area contributed by atoms with Crippen molar-refractivity contribution in [3.05, 3.63) is 0 Å². The monoisotopic (exact) mass is 184 g/mol. The fourth-order valence-electron chi connectivity index (χ4n) is 0.968. The molecule has 0 saturated heterocycles. The molecule has 74 valence electrons. The fourth-order valence-corrected chi connectivity index (χ4v) is 0.968. The molecule has 4 nitrogen and oxygen atoms in total. The summed E-state index contributed by atoms with van der Waals surface area (Å²) in [6.07, 6.45) is 0.344. The Kier molecular flexibility index (Phi) is 5.90. The highest BCUT2D eigenvalue weighted by Gasteiger charge is 2.15. The van der Waals surface area contributed by atoms with Gasteiger partial charge >= 0.3 is 0 Å². The van der Waals surface area contributed by atoms with E-state index in [2.05, 4.69) is 0 Å². The SMILES string of the molecule is COCCC(=O)N(CC#N)C(C)C. The fraction of sp³-hybridized carbons (Fsp3) is 0.778. The second-order valence-electron chi connectivity index (χ2n) is 3.02. The first-order valence-electron chi connectivity index (χ1n) is 4.28. The Morgan fingerprint density at radius 1 is 1.62 bits per heavy atom. The predicted molar refractivity (Wildman–Crippen MR) is 49.0 cm³/mol. The van der Waals surface area contributed by atoms with Crippen LogP contribution >= 0.6 is 0 Å². The van der Waals surface area contributed by atoms with Crippen molar-refractivity contribution >= 4 is 5.91 Å². The molecule has 0 aromatic heterocycles. The van der Waals surface area contributed by atoms with Crippen molar-refractivity contribution in [2.45, 2.75) is 26.3 Å². The van der Waals surface area contributed by atoms with E-state index in [0.29, 0.717) is 13.0 Å². The van der Waals surface area contributed by atoms with Gasteiger partial charge in [0.15, 0.2) is 0 Å². The van der Waals surface area contributed by atoms with Crippen molar-refractivity contribution < 1.29 is 9.53 Å². The van der Waals surface area contributed by atoms with Crippen LogP contribution in [-0.2, 0) is 9.53 Å². The molecule has 0 aliphatic heterocycles. The number of hydrogen-bond donors (Lipinski definition) is 0. The number of nitrogens with zero attached hydrogens (tertiary/aromatic N) is 2. The third kappa shape index (κ3) is 4.48. The van der Waals surface area contributed by atoms with Crippen molar-refractivity contribution in [1.29, 1.82) is 5.26 Å². The number of methoxy groups -OCH3 is 1. The molecule has 0 rings (SSSR count). The van der Waals surface area contributed by atoms with Crippen molar-refractivity contribution in [2.75, 3.05) is 20.3 Å². The lowest BCUT2D eigenvalue weighted by atomic mass is 10.3. The molecule has 0 saturated carbocycles.